The fraction of sp³-hybridized carbons (Fsp3) is 0.727. The second-order valence-electron chi connectivity index (χ2n) is 8.52. The molecular weight excluding hydrogens is 308 g/mol. The summed E-state index contributed by atoms with van der Waals surface area (Å²) in [6.07, 6.45) is 7.99. The molecule has 1 saturated heterocycles. The number of nitrogens with zero attached hydrogens (tertiary/aromatic N) is 2. The van der Waals surface area contributed by atoms with E-state index in [1.165, 1.54) is 43.2 Å². The number of rotatable bonds is 4. The molecule has 3 rings (SSSR count). The van der Waals surface area contributed by atoms with Crippen LogP contribution in [0.1, 0.15) is 49.7 Å². The highest BCUT2D eigenvalue weighted by Gasteiger charge is 2.38. The van der Waals surface area contributed by atoms with Crippen molar-refractivity contribution in [1.29, 1.82) is 0 Å². The Hall–Kier alpha value is -0.900. The van der Waals surface area contributed by atoms with Gasteiger partial charge in [-0.15, -0.1) is 0 Å². The molecule has 140 valence electrons. The van der Waals surface area contributed by atoms with Gasteiger partial charge in [-0.25, -0.2) is 0 Å². The number of aryl methyl sites for hydroxylation is 1. The zero-order valence-corrected chi connectivity index (χ0v) is 16.2. The molecule has 3 nitrogen and oxygen atoms in total. The summed E-state index contributed by atoms with van der Waals surface area (Å²) in [5.41, 5.74) is 2.04. The van der Waals surface area contributed by atoms with Crippen molar-refractivity contribution in [2.24, 2.45) is 5.92 Å². The smallest absolute Gasteiger partial charge is 0.0728 e. The van der Waals surface area contributed by atoms with Gasteiger partial charge in [0.25, 0.3) is 0 Å². The first kappa shape index (κ1) is 18.9. The SMILES string of the molecule is Cc1ccc(CC2(O)CCCCCCC2CN2CCN(C)CC2)cc1. The zero-order valence-electron chi connectivity index (χ0n) is 16.2. The number of hydrogen-bond acceptors (Lipinski definition) is 3. The molecule has 3 heteroatoms. The highest BCUT2D eigenvalue weighted by atomic mass is 16.3. The van der Waals surface area contributed by atoms with Crippen LogP contribution in [0.15, 0.2) is 24.3 Å². The molecule has 2 fully saturated rings. The van der Waals surface area contributed by atoms with E-state index in [0.717, 1.165) is 45.6 Å². The second-order valence-corrected chi connectivity index (χ2v) is 8.52. The molecule has 2 aliphatic rings. The standard InChI is InChI=1S/C22H36N2O/c1-19-8-10-20(11-9-19)17-22(25)12-6-4-3-5-7-21(22)18-24-15-13-23(2)14-16-24/h8-11,21,25H,3-7,12-18H2,1-2H3. The lowest BCUT2D eigenvalue weighted by atomic mass is 9.74. The number of aliphatic hydroxyl groups is 1. The Balaban J connectivity index is 1.71. The maximum Gasteiger partial charge on any atom is 0.0728 e. The minimum Gasteiger partial charge on any atom is -0.389 e. The molecular formula is C22H36N2O. The molecule has 0 aromatic heterocycles. The van der Waals surface area contributed by atoms with E-state index in [0.29, 0.717) is 5.92 Å². The van der Waals surface area contributed by atoms with Gasteiger partial charge in [-0.1, -0.05) is 55.5 Å². The summed E-state index contributed by atoms with van der Waals surface area (Å²) < 4.78 is 0. The predicted molar refractivity (Wildman–Crippen MR) is 105 cm³/mol. The van der Waals surface area contributed by atoms with Crippen molar-refractivity contribution >= 4 is 0 Å². The molecule has 1 heterocycles. The van der Waals surface area contributed by atoms with Gasteiger partial charge in [0.1, 0.15) is 0 Å². The third kappa shape index (κ3) is 5.29. The number of hydrogen-bond donors (Lipinski definition) is 1. The first-order chi connectivity index (χ1) is 12.0. The minimum atomic E-state index is -0.543. The molecule has 0 spiro atoms. The monoisotopic (exact) mass is 344 g/mol. The lowest BCUT2D eigenvalue weighted by Crippen LogP contribution is -2.51. The summed E-state index contributed by atoms with van der Waals surface area (Å²) in [7, 11) is 2.21. The van der Waals surface area contributed by atoms with E-state index in [9.17, 15) is 5.11 Å². The van der Waals surface area contributed by atoms with E-state index in [1.807, 2.05) is 0 Å². The summed E-state index contributed by atoms with van der Waals surface area (Å²) in [5, 5.41) is 11.7. The number of benzene rings is 1. The molecule has 0 radical (unpaired) electrons. The molecule has 25 heavy (non-hydrogen) atoms. The first-order valence-corrected chi connectivity index (χ1v) is 10.2. The van der Waals surface area contributed by atoms with Crippen LogP contribution >= 0.6 is 0 Å². The van der Waals surface area contributed by atoms with Crippen LogP contribution in [0.3, 0.4) is 0 Å². The summed E-state index contributed by atoms with van der Waals surface area (Å²) in [6.45, 7) is 7.80. The Labute approximate surface area is 154 Å². The minimum absolute atomic E-state index is 0.400. The van der Waals surface area contributed by atoms with Crippen LogP contribution in [0.4, 0.5) is 0 Å². The van der Waals surface area contributed by atoms with Crippen molar-refractivity contribution in [3.8, 4) is 0 Å². The van der Waals surface area contributed by atoms with Crippen molar-refractivity contribution in [2.75, 3.05) is 39.8 Å². The van der Waals surface area contributed by atoms with E-state index in [2.05, 4.69) is 48.0 Å². The summed E-state index contributed by atoms with van der Waals surface area (Å²) in [6, 6.07) is 8.77. The Kier molecular flexibility index (Phi) is 6.54. The fourth-order valence-corrected chi connectivity index (χ4v) is 4.54. The lowest BCUT2D eigenvalue weighted by Gasteiger charge is -2.42. The Morgan fingerprint density at radius 3 is 2.40 bits per heavy atom. The molecule has 2 unspecified atom stereocenters. The van der Waals surface area contributed by atoms with Crippen LogP contribution in [0.2, 0.25) is 0 Å². The molecule has 0 bridgehead atoms. The third-order valence-electron chi connectivity index (χ3n) is 6.38. The molecule has 1 aromatic carbocycles. The van der Waals surface area contributed by atoms with Gasteiger partial charge in [-0.3, -0.25) is 0 Å². The van der Waals surface area contributed by atoms with Crippen molar-refractivity contribution in [1.82, 2.24) is 9.80 Å². The van der Waals surface area contributed by atoms with Crippen molar-refractivity contribution in [3.05, 3.63) is 35.4 Å². The van der Waals surface area contributed by atoms with Gasteiger partial charge < -0.3 is 14.9 Å². The highest BCUT2D eigenvalue weighted by molar-refractivity contribution is 5.23. The van der Waals surface area contributed by atoms with Gasteiger partial charge in [-0.2, -0.15) is 0 Å². The van der Waals surface area contributed by atoms with Crippen LogP contribution in [0, 0.1) is 12.8 Å². The summed E-state index contributed by atoms with van der Waals surface area (Å²) >= 11 is 0. The van der Waals surface area contributed by atoms with Crippen molar-refractivity contribution in [3.63, 3.8) is 0 Å². The number of piperazine rings is 1. The largest absolute Gasteiger partial charge is 0.389 e. The lowest BCUT2D eigenvalue weighted by molar-refractivity contribution is -0.0512. The Morgan fingerprint density at radius 2 is 1.68 bits per heavy atom. The van der Waals surface area contributed by atoms with Crippen molar-refractivity contribution < 1.29 is 5.11 Å². The average molecular weight is 345 g/mol. The first-order valence-electron chi connectivity index (χ1n) is 10.2. The topological polar surface area (TPSA) is 26.7 Å². The highest BCUT2D eigenvalue weighted by Crippen LogP contribution is 2.35. The molecule has 1 aliphatic carbocycles. The van der Waals surface area contributed by atoms with Gasteiger partial charge in [-0.05, 0) is 32.4 Å². The Morgan fingerprint density at radius 1 is 1.00 bits per heavy atom. The summed E-state index contributed by atoms with van der Waals surface area (Å²) in [4.78, 5) is 5.00. The van der Waals surface area contributed by atoms with E-state index in [-0.39, 0.29) is 0 Å². The van der Waals surface area contributed by atoms with E-state index >= 15 is 0 Å². The van der Waals surface area contributed by atoms with Gasteiger partial charge in [0, 0.05) is 45.1 Å². The quantitative estimate of drug-likeness (QED) is 0.906. The van der Waals surface area contributed by atoms with Crippen molar-refractivity contribution in [2.45, 2.75) is 57.5 Å². The molecule has 1 aliphatic heterocycles. The maximum absolute atomic E-state index is 11.7. The maximum atomic E-state index is 11.7. The van der Waals surface area contributed by atoms with Gasteiger partial charge >= 0.3 is 0 Å². The summed E-state index contributed by atoms with van der Waals surface area (Å²) in [5.74, 6) is 0.400. The van der Waals surface area contributed by atoms with Crippen LogP contribution in [-0.4, -0.2) is 60.3 Å². The molecule has 0 amide bonds. The molecule has 1 saturated carbocycles. The Bertz CT molecular complexity index is 521. The third-order valence-corrected chi connectivity index (χ3v) is 6.38. The predicted octanol–water partition coefficient (Wildman–Crippen LogP) is 3.49. The van der Waals surface area contributed by atoms with Crippen LogP contribution in [0.5, 0.6) is 0 Å². The van der Waals surface area contributed by atoms with E-state index in [1.54, 1.807) is 0 Å². The molecule has 1 N–H and O–H groups in total. The van der Waals surface area contributed by atoms with Crippen LogP contribution < -0.4 is 0 Å². The molecule has 1 aromatic rings. The normalized spacial score (nSPS) is 30.0. The molecule has 2 atom stereocenters. The van der Waals surface area contributed by atoms with Gasteiger partial charge in [0.15, 0.2) is 0 Å². The fourth-order valence-electron chi connectivity index (χ4n) is 4.54. The van der Waals surface area contributed by atoms with Gasteiger partial charge in [0.2, 0.25) is 0 Å². The average Bonchev–Trinajstić information content (AvgIpc) is 2.59. The van der Waals surface area contributed by atoms with E-state index in [4.69, 9.17) is 0 Å². The zero-order chi connectivity index (χ0) is 17.7. The van der Waals surface area contributed by atoms with Crippen LogP contribution in [0.25, 0.3) is 0 Å². The van der Waals surface area contributed by atoms with Crippen LogP contribution in [-0.2, 0) is 6.42 Å². The van der Waals surface area contributed by atoms with Gasteiger partial charge in [0.05, 0.1) is 5.60 Å². The van der Waals surface area contributed by atoms with E-state index < -0.39 is 5.60 Å². The second kappa shape index (κ2) is 8.66. The number of likely N-dealkylation sites (N-methyl/N-ethyl adjacent to an activating group) is 1.